The Morgan fingerprint density at radius 3 is 2.45 bits per heavy atom. The summed E-state index contributed by atoms with van der Waals surface area (Å²) < 4.78 is 25.4. The van der Waals surface area contributed by atoms with Gasteiger partial charge in [0.15, 0.2) is 5.03 Å². The first-order valence-electron chi connectivity index (χ1n) is 10.4. The monoisotopic (exact) mass is 417 g/mol. The third-order valence-electron chi connectivity index (χ3n) is 5.62. The molecular weight excluding hydrogens is 386 g/mol. The number of phenols is 1. The van der Waals surface area contributed by atoms with E-state index in [9.17, 15) is 13.5 Å². The molecule has 1 aliphatic rings. The Balaban J connectivity index is 1.60. The molecule has 0 saturated carbocycles. The Morgan fingerprint density at radius 1 is 1.10 bits per heavy atom. The van der Waals surface area contributed by atoms with Gasteiger partial charge in [-0.05, 0) is 42.7 Å². The molecule has 1 saturated heterocycles. The Labute approximate surface area is 174 Å². The quantitative estimate of drug-likeness (QED) is 0.710. The number of rotatable bonds is 8. The Bertz CT molecular complexity index is 892. The molecular formula is C22H31N3O3S. The molecule has 2 heterocycles. The predicted molar refractivity (Wildman–Crippen MR) is 114 cm³/mol. The van der Waals surface area contributed by atoms with Crippen molar-refractivity contribution in [1.29, 1.82) is 0 Å². The van der Waals surface area contributed by atoms with Crippen molar-refractivity contribution in [3.8, 4) is 5.75 Å². The van der Waals surface area contributed by atoms with E-state index in [4.69, 9.17) is 0 Å². The second-order valence-corrected chi connectivity index (χ2v) is 9.56. The van der Waals surface area contributed by atoms with Crippen molar-refractivity contribution in [2.75, 3.05) is 26.2 Å². The smallest absolute Gasteiger partial charge is 0.223 e. The van der Waals surface area contributed by atoms with Crippen molar-refractivity contribution >= 4 is 9.84 Å². The van der Waals surface area contributed by atoms with Crippen molar-refractivity contribution in [2.24, 2.45) is 0 Å². The van der Waals surface area contributed by atoms with Crippen molar-refractivity contribution in [2.45, 2.75) is 55.6 Å². The molecule has 7 heteroatoms. The topological polar surface area (TPSA) is 73.7 Å². The summed E-state index contributed by atoms with van der Waals surface area (Å²) >= 11 is 0. The van der Waals surface area contributed by atoms with E-state index in [-0.39, 0.29) is 15.7 Å². The van der Waals surface area contributed by atoms with E-state index >= 15 is 0 Å². The van der Waals surface area contributed by atoms with Gasteiger partial charge in [-0.1, -0.05) is 32.4 Å². The summed E-state index contributed by atoms with van der Waals surface area (Å²) in [7, 11) is -3.73. The second kappa shape index (κ2) is 9.69. The van der Waals surface area contributed by atoms with E-state index in [1.165, 1.54) is 43.5 Å². The third kappa shape index (κ3) is 5.35. The van der Waals surface area contributed by atoms with Crippen LogP contribution in [-0.2, 0) is 16.4 Å². The molecule has 1 atom stereocenters. The van der Waals surface area contributed by atoms with Gasteiger partial charge in [-0.15, -0.1) is 0 Å². The number of sulfone groups is 1. The summed E-state index contributed by atoms with van der Waals surface area (Å²) in [6.07, 6.45) is 5.33. The first-order valence-corrected chi connectivity index (χ1v) is 11.9. The lowest BCUT2D eigenvalue weighted by Gasteiger charge is -2.39. The number of nitrogens with zero attached hydrogens (tertiary/aromatic N) is 3. The van der Waals surface area contributed by atoms with E-state index in [2.05, 4.69) is 28.6 Å². The maximum atomic E-state index is 12.7. The minimum Gasteiger partial charge on any atom is -0.508 e. The largest absolute Gasteiger partial charge is 0.508 e. The summed E-state index contributed by atoms with van der Waals surface area (Å²) in [6, 6.07) is 9.74. The van der Waals surface area contributed by atoms with Crippen LogP contribution in [0.3, 0.4) is 0 Å². The highest BCUT2D eigenvalue weighted by molar-refractivity contribution is 7.91. The highest BCUT2D eigenvalue weighted by Gasteiger charge is 2.23. The third-order valence-corrected chi connectivity index (χ3v) is 7.29. The van der Waals surface area contributed by atoms with Crippen LogP contribution in [0.15, 0.2) is 52.5 Å². The molecule has 1 aromatic heterocycles. The number of aromatic nitrogens is 1. The maximum Gasteiger partial charge on any atom is 0.223 e. The molecule has 1 aromatic carbocycles. The maximum absolute atomic E-state index is 12.7. The van der Waals surface area contributed by atoms with Crippen LogP contribution < -0.4 is 0 Å². The van der Waals surface area contributed by atoms with Gasteiger partial charge in [-0.2, -0.15) is 0 Å². The van der Waals surface area contributed by atoms with Gasteiger partial charge in [0.1, 0.15) is 5.75 Å². The van der Waals surface area contributed by atoms with Crippen LogP contribution in [0.2, 0.25) is 0 Å². The summed E-state index contributed by atoms with van der Waals surface area (Å²) in [5.74, 6) is -0.0777. The van der Waals surface area contributed by atoms with Crippen molar-refractivity contribution < 1.29 is 13.5 Å². The second-order valence-electron chi connectivity index (χ2n) is 7.67. The summed E-state index contributed by atoms with van der Waals surface area (Å²) in [4.78, 5) is 9.24. The predicted octanol–water partition coefficient (Wildman–Crippen LogP) is 3.32. The number of hydrogen-bond acceptors (Lipinski definition) is 6. The molecule has 0 spiro atoms. The molecule has 2 aromatic rings. The highest BCUT2D eigenvalue weighted by Crippen LogP contribution is 2.23. The molecule has 1 N–H and O–H groups in total. The Kier molecular flexibility index (Phi) is 7.27. The van der Waals surface area contributed by atoms with Gasteiger partial charge in [0.25, 0.3) is 0 Å². The molecule has 0 amide bonds. The van der Waals surface area contributed by atoms with Gasteiger partial charge in [0.05, 0.1) is 4.90 Å². The van der Waals surface area contributed by atoms with E-state index in [1.807, 2.05) is 6.07 Å². The molecule has 0 radical (unpaired) electrons. The van der Waals surface area contributed by atoms with Crippen LogP contribution in [0.1, 0.15) is 38.7 Å². The van der Waals surface area contributed by atoms with Crippen molar-refractivity contribution in [1.82, 2.24) is 14.8 Å². The van der Waals surface area contributed by atoms with Crippen LogP contribution in [0.4, 0.5) is 0 Å². The molecule has 158 valence electrons. The summed E-state index contributed by atoms with van der Waals surface area (Å²) in [5.41, 5.74) is 1.01. The van der Waals surface area contributed by atoms with Crippen molar-refractivity contribution in [3.63, 3.8) is 0 Å². The Morgan fingerprint density at radius 2 is 1.86 bits per heavy atom. The van der Waals surface area contributed by atoms with Gasteiger partial charge in [0.2, 0.25) is 9.84 Å². The van der Waals surface area contributed by atoms with Crippen LogP contribution in [-0.4, -0.2) is 60.5 Å². The molecule has 1 unspecified atom stereocenters. The fourth-order valence-corrected chi connectivity index (χ4v) is 5.17. The lowest BCUT2D eigenvalue weighted by molar-refractivity contribution is 0.0858. The average Bonchev–Trinajstić information content (AvgIpc) is 2.73. The highest BCUT2D eigenvalue weighted by atomic mass is 32.2. The number of aromatic hydroxyl groups is 1. The normalized spacial score (nSPS) is 17.3. The molecule has 3 rings (SSSR count). The fourth-order valence-electron chi connectivity index (χ4n) is 3.96. The van der Waals surface area contributed by atoms with Crippen LogP contribution in [0.5, 0.6) is 5.75 Å². The van der Waals surface area contributed by atoms with Gasteiger partial charge in [-0.3, -0.25) is 9.80 Å². The van der Waals surface area contributed by atoms with Crippen LogP contribution in [0, 0.1) is 0 Å². The molecule has 1 fully saturated rings. The van der Waals surface area contributed by atoms with Gasteiger partial charge >= 0.3 is 0 Å². The summed E-state index contributed by atoms with van der Waals surface area (Å²) in [5, 5.41) is 9.56. The van der Waals surface area contributed by atoms with E-state index in [1.54, 1.807) is 12.3 Å². The molecule has 29 heavy (non-hydrogen) atoms. The van der Waals surface area contributed by atoms with Crippen LogP contribution in [0.25, 0.3) is 0 Å². The van der Waals surface area contributed by atoms with E-state index < -0.39 is 9.84 Å². The molecule has 0 aliphatic carbocycles. The number of hydrogen-bond donors (Lipinski definition) is 1. The fraction of sp³-hybridized carbons (Fsp3) is 0.500. The van der Waals surface area contributed by atoms with E-state index in [0.29, 0.717) is 6.04 Å². The lowest BCUT2D eigenvalue weighted by Crippen LogP contribution is -2.49. The zero-order valence-corrected chi connectivity index (χ0v) is 18.1. The standard InChI is InChI=1S/C22H31N3O3S/c1-3-6-19(4-2)25-13-11-24(12-14-25)17-18-9-10-22(23-16-18)29(27,28)21-8-5-7-20(26)15-21/h5,7-10,15-16,19,26H,3-4,6,11-14,17H2,1-2H3. The molecule has 6 nitrogen and oxygen atoms in total. The van der Waals surface area contributed by atoms with E-state index in [0.717, 1.165) is 38.3 Å². The number of phenolic OH excluding ortho intramolecular Hbond substituents is 1. The SMILES string of the molecule is CCCC(CC)N1CCN(Cc2ccc(S(=O)(=O)c3cccc(O)c3)nc2)CC1. The number of piperazine rings is 1. The van der Waals surface area contributed by atoms with Crippen LogP contribution >= 0.6 is 0 Å². The number of pyridine rings is 1. The first-order chi connectivity index (χ1) is 13.9. The van der Waals surface area contributed by atoms with Gasteiger partial charge < -0.3 is 5.11 Å². The zero-order chi connectivity index (χ0) is 20.9. The van der Waals surface area contributed by atoms with Crippen molar-refractivity contribution in [3.05, 3.63) is 48.2 Å². The molecule has 0 bridgehead atoms. The molecule has 1 aliphatic heterocycles. The minimum atomic E-state index is -3.73. The minimum absolute atomic E-state index is 0.00187. The lowest BCUT2D eigenvalue weighted by atomic mass is 10.1. The van der Waals surface area contributed by atoms with Gasteiger partial charge in [-0.25, -0.2) is 13.4 Å². The Hall–Kier alpha value is -1.96. The number of benzene rings is 1. The first kappa shape index (κ1) is 21.7. The average molecular weight is 418 g/mol. The summed E-state index contributed by atoms with van der Waals surface area (Å²) in [6.45, 7) is 9.48. The zero-order valence-electron chi connectivity index (χ0n) is 17.3. The van der Waals surface area contributed by atoms with Gasteiger partial charge in [0, 0.05) is 45.0 Å².